The van der Waals surface area contributed by atoms with Gasteiger partial charge in [0.25, 0.3) is 0 Å². The molecular weight excluding hydrogens is 274 g/mol. The second-order valence-electron chi connectivity index (χ2n) is 6.80. The summed E-state index contributed by atoms with van der Waals surface area (Å²) in [4.78, 5) is 26.2. The van der Waals surface area contributed by atoms with Crippen LogP contribution in [0.1, 0.15) is 57.9 Å². The third-order valence-corrected chi connectivity index (χ3v) is 4.61. The van der Waals surface area contributed by atoms with Gasteiger partial charge in [0.05, 0.1) is 0 Å². The Morgan fingerprint density at radius 3 is 2.27 bits per heavy atom. The SMILES string of the molecule is CCCCCC1(C)CC(=O)N(CCc2ccccc2)C(=O)C1. The number of carbonyl (C=O) groups is 2. The lowest BCUT2D eigenvalue weighted by Crippen LogP contribution is -2.47. The van der Waals surface area contributed by atoms with Gasteiger partial charge in [-0.25, -0.2) is 0 Å². The van der Waals surface area contributed by atoms with E-state index >= 15 is 0 Å². The number of rotatable bonds is 7. The molecule has 0 saturated carbocycles. The van der Waals surface area contributed by atoms with Gasteiger partial charge in [0, 0.05) is 19.4 Å². The van der Waals surface area contributed by atoms with Crippen LogP contribution in [0.4, 0.5) is 0 Å². The Kier molecular flexibility index (Phi) is 5.76. The smallest absolute Gasteiger partial charge is 0.229 e. The molecular formula is C19H27NO2. The molecule has 1 aromatic rings. The van der Waals surface area contributed by atoms with Crippen molar-refractivity contribution >= 4 is 11.8 Å². The molecule has 0 atom stereocenters. The molecule has 2 amide bonds. The highest BCUT2D eigenvalue weighted by molar-refractivity contribution is 5.98. The molecule has 1 aromatic carbocycles. The molecule has 0 radical (unpaired) electrons. The Morgan fingerprint density at radius 2 is 1.68 bits per heavy atom. The van der Waals surface area contributed by atoms with Gasteiger partial charge >= 0.3 is 0 Å². The molecule has 120 valence electrons. The summed E-state index contributed by atoms with van der Waals surface area (Å²) in [6.07, 6.45) is 6.19. The number of amides is 2. The number of hydrogen-bond acceptors (Lipinski definition) is 2. The van der Waals surface area contributed by atoms with E-state index in [0.717, 1.165) is 19.3 Å². The zero-order valence-electron chi connectivity index (χ0n) is 13.8. The van der Waals surface area contributed by atoms with Crippen LogP contribution in [0.25, 0.3) is 0 Å². The molecule has 3 heteroatoms. The Bertz CT molecular complexity index is 491. The van der Waals surface area contributed by atoms with Gasteiger partial charge in [-0.3, -0.25) is 14.5 Å². The van der Waals surface area contributed by atoms with Crippen LogP contribution in [-0.2, 0) is 16.0 Å². The van der Waals surface area contributed by atoms with E-state index in [0.29, 0.717) is 19.4 Å². The summed E-state index contributed by atoms with van der Waals surface area (Å²) in [6.45, 7) is 4.77. The van der Waals surface area contributed by atoms with Crippen LogP contribution in [-0.4, -0.2) is 23.3 Å². The molecule has 0 N–H and O–H groups in total. The number of imide groups is 1. The lowest BCUT2D eigenvalue weighted by molar-refractivity contribution is -0.153. The van der Waals surface area contributed by atoms with E-state index in [1.54, 1.807) is 0 Å². The van der Waals surface area contributed by atoms with Gasteiger partial charge in [-0.1, -0.05) is 63.4 Å². The van der Waals surface area contributed by atoms with Crippen LogP contribution < -0.4 is 0 Å². The molecule has 0 spiro atoms. The van der Waals surface area contributed by atoms with Gasteiger partial charge in [-0.05, 0) is 23.8 Å². The van der Waals surface area contributed by atoms with Crippen molar-refractivity contribution in [3.63, 3.8) is 0 Å². The number of unbranched alkanes of at least 4 members (excludes halogenated alkanes) is 2. The largest absolute Gasteiger partial charge is 0.282 e. The van der Waals surface area contributed by atoms with Crippen molar-refractivity contribution < 1.29 is 9.59 Å². The van der Waals surface area contributed by atoms with Crippen LogP contribution in [0.15, 0.2) is 30.3 Å². The minimum Gasteiger partial charge on any atom is -0.282 e. The quantitative estimate of drug-likeness (QED) is 0.564. The number of likely N-dealkylation sites (tertiary alicyclic amines) is 1. The van der Waals surface area contributed by atoms with Gasteiger partial charge in [-0.15, -0.1) is 0 Å². The summed E-state index contributed by atoms with van der Waals surface area (Å²) in [5, 5.41) is 0. The minimum absolute atomic E-state index is 0.00572. The molecule has 1 heterocycles. The fourth-order valence-corrected chi connectivity index (χ4v) is 3.24. The number of nitrogens with zero attached hydrogens (tertiary/aromatic N) is 1. The highest BCUT2D eigenvalue weighted by Crippen LogP contribution is 2.37. The summed E-state index contributed by atoms with van der Waals surface area (Å²) in [6, 6.07) is 10.0. The van der Waals surface area contributed by atoms with E-state index in [4.69, 9.17) is 0 Å². The molecule has 0 aliphatic carbocycles. The van der Waals surface area contributed by atoms with Crippen LogP contribution in [0.2, 0.25) is 0 Å². The Morgan fingerprint density at radius 1 is 1.05 bits per heavy atom. The summed E-state index contributed by atoms with van der Waals surface area (Å²) < 4.78 is 0. The van der Waals surface area contributed by atoms with Crippen molar-refractivity contribution in [3.8, 4) is 0 Å². The fraction of sp³-hybridized carbons (Fsp3) is 0.579. The maximum absolute atomic E-state index is 12.4. The van der Waals surface area contributed by atoms with Gasteiger partial charge < -0.3 is 0 Å². The molecule has 0 unspecified atom stereocenters. The summed E-state index contributed by atoms with van der Waals surface area (Å²) in [5.41, 5.74) is 1.03. The molecule has 1 fully saturated rings. The van der Waals surface area contributed by atoms with Crippen LogP contribution in [0.5, 0.6) is 0 Å². The second kappa shape index (κ2) is 7.57. The summed E-state index contributed by atoms with van der Waals surface area (Å²) in [7, 11) is 0. The van der Waals surface area contributed by atoms with Gasteiger partial charge in [0.2, 0.25) is 11.8 Å². The predicted molar refractivity (Wildman–Crippen MR) is 88.3 cm³/mol. The number of carbonyl (C=O) groups excluding carboxylic acids is 2. The molecule has 0 aromatic heterocycles. The number of piperidine rings is 1. The normalized spacial score (nSPS) is 17.8. The molecule has 1 aliphatic heterocycles. The Hall–Kier alpha value is -1.64. The maximum Gasteiger partial charge on any atom is 0.229 e. The predicted octanol–water partition coefficient (Wildman–Crippen LogP) is 3.96. The molecule has 1 saturated heterocycles. The minimum atomic E-state index is -0.132. The van der Waals surface area contributed by atoms with Gasteiger partial charge in [0.1, 0.15) is 0 Å². The van der Waals surface area contributed by atoms with E-state index in [1.165, 1.54) is 23.3 Å². The Balaban J connectivity index is 1.90. The zero-order chi connectivity index (χ0) is 16.0. The number of hydrogen-bond donors (Lipinski definition) is 0. The first-order valence-electron chi connectivity index (χ1n) is 8.41. The topological polar surface area (TPSA) is 37.4 Å². The highest BCUT2D eigenvalue weighted by Gasteiger charge is 2.39. The standard InChI is InChI=1S/C19H27NO2/c1-3-4-8-12-19(2)14-17(21)20(18(22)15-19)13-11-16-9-6-5-7-10-16/h5-7,9-10H,3-4,8,11-15H2,1-2H3. The highest BCUT2D eigenvalue weighted by atomic mass is 16.2. The van der Waals surface area contributed by atoms with Crippen molar-refractivity contribution in [3.05, 3.63) is 35.9 Å². The maximum atomic E-state index is 12.4. The van der Waals surface area contributed by atoms with E-state index in [2.05, 4.69) is 13.8 Å². The molecule has 3 nitrogen and oxygen atoms in total. The monoisotopic (exact) mass is 301 g/mol. The zero-order valence-corrected chi connectivity index (χ0v) is 13.8. The average molecular weight is 301 g/mol. The molecule has 22 heavy (non-hydrogen) atoms. The first-order valence-corrected chi connectivity index (χ1v) is 8.41. The van der Waals surface area contributed by atoms with E-state index < -0.39 is 0 Å². The van der Waals surface area contributed by atoms with E-state index in [1.807, 2.05) is 30.3 Å². The molecule has 2 rings (SSSR count). The van der Waals surface area contributed by atoms with E-state index in [-0.39, 0.29) is 17.2 Å². The molecule has 0 bridgehead atoms. The van der Waals surface area contributed by atoms with Crippen LogP contribution in [0.3, 0.4) is 0 Å². The van der Waals surface area contributed by atoms with Crippen molar-refractivity contribution in [1.82, 2.24) is 4.90 Å². The van der Waals surface area contributed by atoms with Crippen molar-refractivity contribution in [2.45, 2.75) is 58.8 Å². The third-order valence-electron chi connectivity index (χ3n) is 4.61. The van der Waals surface area contributed by atoms with Gasteiger partial charge in [-0.2, -0.15) is 0 Å². The Labute approximate surface area is 133 Å². The second-order valence-corrected chi connectivity index (χ2v) is 6.80. The first kappa shape index (κ1) is 16.7. The van der Waals surface area contributed by atoms with Crippen molar-refractivity contribution in [2.24, 2.45) is 5.41 Å². The van der Waals surface area contributed by atoms with Crippen molar-refractivity contribution in [1.29, 1.82) is 0 Å². The number of benzene rings is 1. The van der Waals surface area contributed by atoms with Gasteiger partial charge in [0.15, 0.2) is 0 Å². The fourth-order valence-electron chi connectivity index (χ4n) is 3.24. The first-order chi connectivity index (χ1) is 10.5. The average Bonchev–Trinajstić information content (AvgIpc) is 2.47. The van der Waals surface area contributed by atoms with Crippen LogP contribution in [0, 0.1) is 5.41 Å². The van der Waals surface area contributed by atoms with Crippen LogP contribution >= 0.6 is 0 Å². The van der Waals surface area contributed by atoms with Crippen molar-refractivity contribution in [2.75, 3.05) is 6.54 Å². The lowest BCUT2D eigenvalue weighted by atomic mass is 9.75. The lowest BCUT2D eigenvalue weighted by Gasteiger charge is -2.37. The molecule has 1 aliphatic rings. The summed E-state index contributed by atoms with van der Waals surface area (Å²) in [5.74, 6) is 0.0114. The third kappa shape index (κ3) is 4.43. The summed E-state index contributed by atoms with van der Waals surface area (Å²) >= 11 is 0. The van der Waals surface area contributed by atoms with E-state index in [9.17, 15) is 9.59 Å².